The molecule has 0 saturated carbocycles. The summed E-state index contributed by atoms with van der Waals surface area (Å²) in [4.78, 5) is 9.32. The Labute approximate surface area is 121 Å². The van der Waals surface area contributed by atoms with Gasteiger partial charge in [0.15, 0.2) is 0 Å². The van der Waals surface area contributed by atoms with Crippen molar-refractivity contribution in [3.63, 3.8) is 0 Å². The van der Waals surface area contributed by atoms with Gasteiger partial charge in [0.2, 0.25) is 0 Å². The third-order valence-corrected chi connectivity index (χ3v) is 3.86. The highest BCUT2D eigenvalue weighted by molar-refractivity contribution is 7.99. The molecule has 1 aromatic carbocycles. The third kappa shape index (κ3) is 3.69. The molecule has 0 atom stereocenters. The van der Waals surface area contributed by atoms with E-state index in [4.69, 9.17) is 11.6 Å². The second kappa shape index (κ2) is 6.55. The first-order valence-electron chi connectivity index (χ1n) is 5.70. The number of hydrogen-bond acceptors (Lipinski definition) is 3. The topological polar surface area (TPSA) is 25.8 Å². The predicted molar refractivity (Wildman–Crippen MR) is 83.7 cm³/mol. The minimum Gasteiger partial charge on any atom is -0.236 e. The normalized spacial score (nSPS) is 11.0. The van der Waals surface area contributed by atoms with Crippen LogP contribution in [-0.4, -0.2) is 15.7 Å². The number of benzene rings is 1. The zero-order valence-corrected chi connectivity index (χ0v) is 11.9. The van der Waals surface area contributed by atoms with Crippen molar-refractivity contribution in [2.45, 2.75) is 4.90 Å². The number of thioether (sulfide) groups is 1. The van der Waals surface area contributed by atoms with Crippen molar-refractivity contribution in [3.8, 4) is 0 Å². The van der Waals surface area contributed by atoms with E-state index >= 15 is 0 Å². The summed E-state index contributed by atoms with van der Waals surface area (Å²) in [5.74, 6) is 0.828. The van der Waals surface area contributed by atoms with Crippen LogP contribution in [0.1, 0.15) is 0 Å². The van der Waals surface area contributed by atoms with E-state index in [2.05, 4.69) is 23.1 Å². The minimum absolute atomic E-state index is 0.486. The molecule has 0 saturated heterocycles. The Hall–Kier alpha value is -1.58. The fourth-order valence-electron chi connectivity index (χ4n) is 1.52. The molecule has 2 aromatic rings. The van der Waals surface area contributed by atoms with Gasteiger partial charge in [-0.2, -0.15) is 0 Å². The van der Waals surface area contributed by atoms with Crippen molar-refractivity contribution >= 4 is 34.3 Å². The highest BCUT2D eigenvalue weighted by Gasteiger charge is 2.03. The summed E-state index contributed by atoms with van der Waals surface area (Å²) in [6.45, 7) is 7.61. The predicted octanol–water partition coefficient (Wildman–Crippen LogP) is 4.67. The van der Waals surface area contributed by atoms with Gasteiger partial charge in [-0.25, -0.2) is 9.97 Å². The summed E-state index contributed by atoms with van der Waals surface area (Å²) in [7, 11) is 0. The lowest BCUT2D eigenvalue weighted by molar-refractivity contribution is 1.21. The molecule has 2 rings (SSSR count). The van der Waals surface area contributed by atoms with Crippen molar-refractivity contribution in [2.75, 3.05) is 5.75 Å². The van der Waals surface area contributed by atoms with Gasteiger partial charge in [0.1, 0.15) is 11.5 Å². The van der Waals surface area contributed by atoms with Crippen molar-refractivity contribution in [1.82, 2.24) is 9.97 Å². The molecule has 0 amide bonds. The Bertz CT molecular complexity index is 650. The maximum absolute atomic E-state index is 6.00. The van der Waals surface area contributed by atoms with Crippen LogP contribution < -0.4 is 0 Å². The quantitative estimate of drug-likeness (QED) is 0.454. The zero-order chi connectivity index (χ0) is 13.7. The van der Waals surface area contributed by atoms with Gasteiger partial charge >= 0.3 is 0 Å². The monoisotopic (exact) mass is 288 g/mol. The van der Waals surface area contributed by atoms with Gasteiger partial charge in [0.25, 0.3) is 0 Å². The number of nitrogens with zero attached hydrogens (tertiary/aromatic N) is 2. The molecule has 1 aromatic heterocycles. The average Bonchev–Trinajstić information content (AvgIpc) is 2.43. The van der Waals surface area contributed by atoms with Gasteiger partial charge < -0.3 is 0 Å². The summed E-state index contributed by atoms with van der Waals surface area (Å²) in [5.41, 5.74) is 1.91. The van der Waals surface area contributed by atoms with Crippen LogP contribution in [0.3, 0.4) is 0 Å². The number of aromatic nitrogens is 2. The number of fused-ring (bicyclic) bond motifs is 1. The number of allylic oxidation sites excluding steroid dienone is 3. The molecular formula is C15H13ClN2S. The molecule has 0 N–H and O–H groups in total. The fraction of sp³-hybridized carbons (Fsp3) is 0.0667. The fourth-order valence-corrected chi connectivity index (χ4v) is 2.53. The van der Waals surface area contributed by atoms with Crippen LogP contribution in [0.15, 0.2) is 66.4 Å². The molecule has 0 fully saturated rings. The number of hydrogen-bond donors (Lipinski definition) is 0. The Morgan fingerprint density at radius 1 is 1.37 bits per heavy atom. The first kappa shape index (κ1) is 13.8. The van der Waals surface area contributed by atoms with Crippen LogP contribution in [0.25, 0.3) is 10.9 Å². The molecule has 19 heavy (non-hydrogen) atoms. The maximum Gasteiger partial charge on any atom is 0.140 e. The second-order valence-electron chi connectivity index (χ2n) is 3.89. The molecule has 0 aliphatic heterocycles. The summed E-state index contributed by atoms with van der Waals surface area (Å²) in [6, 6.07) is 5.98. The Morgan fingerprint density at radius 3 is 3.00 bits per heavy atom. The van der Waals surface area contributed by atoms with Crippen LogP contribution in [-0.2, 0) is 0 Å². The molecule has 0 radical (unpaired) electrons. The smallest absolute Gasteiger partial charge is 0.140 e. The van der Waals surface area contributed by atoms with E-state index in [1.54, 1.807) is 17.8 Å². The van der Waals surface area contributed by atoms with Gasteiger partial charge in [0, 0.05) is 16.0 Å². The maximum atomic E-state index is 6.00. The first-order chi connectivity index (χ1) is 9.20. The molecule has 0 bridgehead atoms. The first-order valence-corrected chi connectivity index (χ1v) is 7.07. The number of halogens is 1. The minimum atomic E-state index is 0.486. The Balaban J connectivity index is 2.12. The Morgan fingerprint density at radius 2 is 2.21 bits per heavy atom. The van der Waals surface area contributed by atoms with E-state index in [1.807, 2.05) is 30.4 Å². The molecule has 0 aliphatic carbocycles. The SMILES string of the molecule is C=C/C=C\C(=C)CSc1ccc2c(Cl)ncnc2c1. The van der Waals surface area contributed by atoms with Crippen molar-refractivity contribution in [3.05, 3.63) is 66.6 Å². The van der Waals surface area contributed by atoms with Crippen LogP contribution in [0, 0.1) is 0 Å². The van der Waals surface area contributed by atoms with Crippen molar-refractivity contribution in [1.29, 1.82) is 0 Å². The zero-order valence-electron chi connectivity index (χ0n) is 10.3. The van der Waals surface area contributed by atoms with Crippen LogP contribution in [0.5, 0.6) is 0 Å². The molecule has 0 unspecified atom stereocenters. The molecule has 0 aliphatic rings. The van der Waals surface area contributed by atoms with E-state index in [-0.39, 0.29) is 0 Å². The van der Waals surface area contributed by atoms with Gasteiger partial charge in [-0.1, -0.05) is 43.0 Å². The summed E-state index contributed by atoms with van der Waals surface area (Å²) < 4.78 is 0. The van der Waals surface area contributed by atoms with Gasteiger partial charge in [-0.05, 0) is 23.8 Å². The van der Waals surface area contributed by atoms with Gasteiger partial charge in [-0.15, -0.1) is 11.8 Å². The van der Waals surface area contributed by atoms with Crippen LogP contribution >= 0.6 is 23.4 Å². The third-order valence-electron chi connectivity index (χ3n) is 2.45. The van der Waals surface area contributed by atoms with E-state index in [0.717, 1.165) is 27.1 Å². The standard InChI is InChI=1S/C15H13ClN2S/c1-3-4-5-11(2)9-19-12-6-7-13-14(8-12)17-10-18-15(13)16/h3-8,10H,1-2,9H2/b5-4-. The van der Waals surface area contributed by atoms with Crippen molar-refractivity contribution in [2.24, 2.45) is 0 Å². The molecular weight excluding hydrogens is 276 g/mol. The van der Waals surface area contributed by atoms with Gasteiger partial charge in [0.05, 0.1) is 5.52 Å². The lowest BCUT2D eigenvalue weighted by atomic mass is 10.2. The van der Waals surface area contributed by atoms with E-state index in [0.29, 0.717) is 5.15 Å². The summed E-state index contributed by atoms with van der Waals surface area (Å²) in [5, 5.41) is 1.36. The van der Waals surface area contributed by atoms with E-state index in [9.17, 15) is 0 Å². The highest BCUT2D eigenvalue weighted by atomic mass is 35.5. The summed E-state index contributed by atoms with van der Waals surface area (Å²) in [6.07, 6.45) is 7.06. The van der Waals surface area contributed by atoms with Gasteiger partial charge in [-0.3, -0.25) is 0 Å². The van der Waals surface area contributed by atoms with E-state index < -0.39 is 0 Å². The molecule has 4 heteroatoms. The lowest BCUT2D eigenvalue weighted by Gasteiger charge is -2.04. The van der Waals surface area contributed by atoms with E-state index in [1.165, 1.54) is 6.33 Å². The van der Waals surface area contributed by atoms with Crippen LogP contribution in [0.4, 0.5) is 0 Å². The average molecular weight is 289 g/mol. The lowest BCUT2D eigenvalue weighted by Crippen LogP contribution is -1.86. The summed E-state index contributed by atoms with van der Waals surface area (Å²) >= 11 is 7.71. The van der Waals surface area contributed by atoms with Crippen molar-refractivity contribution < 1.29 is 0 Å². The Kier molecular flexibility index (Phi) is 4.77. The number of rotatable bonds is 5. The molecule has 0 spiro atoms. The van der Waals surface area contributed by atoms with Crippen LogP contribution in [0.2, 0.25) is 5.15 Å². The molecule has 2 nitrogen and oxygen atoms in total. The second-order valence-corrected chi connectivity index (χ2v) is 5.29. The highest BCUT2D eigenvalue weighted by Crippen LogP contribution is 2.26. The molecule has 1 heterocycles. The largest absolute Gasteiger partial charge is 0.236 e. The molecule has 96 valence electrons.